The van der Waals surface area contributed by atoms with Gasteiger partial charge >= 0.3 is 0 Å². The Kier molecular flexibility index (Phi) is 6.16. The van der Waals surface area contributed by atoms with E-state index in [0.29, 0.717) is 23.3 Å². The van der Waals surface area contributed by atoms with Gasteiger partial charge in [-0.05, 0) is 69.1 Å². The van der Waals surface area contributed by atoms with Gasteiger partial charge in [0.05, 0.1) is 11.6 Å². The Hall–Kier alpha value is -2.70. The second-order valence-electron chi connectivity index (χ2n) is 7.78. The van der Waals surface area contributed by atoms with E-state index in [4.69, 9.17) is 16.1 Å². The lowest BCUT2D eigenvalue weighted by molar-refractivity contribution is -0.117. The maximum absolute atomic E-state index is 12.5. The van der Waals surface area contributed by atoms with E-state index in [1.807, 2.05) is 56.3 Å². The van der Waals surface area contributed by atoms with E-state index in [2.05, 4.69) is 20.4 Å². The average molecular weight is 425 g/mol. The first-order valence-electron chi connectivity index (χ1n) is 10.2. The number of aryl methyl sites for hydroxylation is 1. The molecule has 1 aliphatic heterocycles. The lowest BCUT2D eigenvalue weighted by Gasteiger charge is -2.29. The van der Waals surface area contributed by atoms with Gasteiger partial charge in [-0.3, -0.25) is 9.69 Å². The molecular weight excluding hydrogens is 400 g/mol. The molecule has 0 unspecified atom stereocenters. The van der Waals surface area contributed by atoms with Crippen molar-refractivity contribution in [3.05, 3.63) is 64.5 Å². The number of anilines is 1. The number of halogens is 1. The number of rotatable bonds is 5. The molecular formula is C23H25ClN4O2. The summed E-state index contributed by atoms with van der Waals surface area (Å²) >= 11 is 6.23. The molecule has 0 radical (unpaired) electrons. The number of likely N-dealkylation sites (tertiary alicyclic amines) is 1. The van der Waals surface area contributed by atoms with Crippen molar-refractivity contribution in [2.75, 3.05) is 25.0 Å². The van der Waals surface area contributed by atoms with Gasteiger partial charge in [-0.2, -0.15) is 4.98 Å². The van der Waals surface area contributed by atoms with Gasteiger partial charge in [-0.15, -0.1) is 0 Å². The summed E-state index contributed by atoms with van der Waals surface area (Å²) in [5.41, 5.74) is 3.93. The summed E-state index contributed by atoms with van der Waals surface area (Å²) in [6.45, 7) is 6.08. The monoisotopic (exact) mass is 424 g/mol. The van der Waals surface area contributed by atoms with E-state index in [9.17, 15) is 4.79 Å². The van der Waals surface area contributed by atoms with Crippen LogP contribution in [-0.4, -0.2) is 40.6 Å². The number of benzene rings is 2. The molecule has 2 aromatic carbocycles. The quantitative estimate of drug-likeness (QED) is 0.635. The van der Waals surface area contributed by atoms with Crippen molar-refractivity contribution in [3.63, 3.8) is 0 Å². The number of carbonyl (C=O) groups is 1. The zero-order valence-corrected chi connectivity index (χ0v) is 17.9. The number of nitrogens with zero attached hydrogens (tertiary/aromatic N) is 3. The number of amides is 1. The lowest BCUT2D eigenvalue weighted by Crippen LogP contribution is -2.38. The number of piperidine rings is 1. The number of aromatic nitrogens is 2. The molecule has 7 heteroatoms. The predicted molar refractivity (Wildman–Crippen MR) is 118 cm³/mol. The third kappa shape index (κ3) is 4.55. The first-order chi connectivity index (χ1) is 14.5. The minimum atomic E-state index is 0.0148. The first kappa shape index (κ1) is 20.6. The molecule has 0 bridgehead atoms. The minimum absolute atomic E-state index is 0.0148. The molecule has 1 aliphatic rings. The zero-order valence-electron chi connectivity index (χ0n) is 17.2. The Morgan fingerprint density at radius 3 is 2.70 bits per heavy atom. The lowest BCUT2D eigenvalue weighted by atomic mass is 9.97. The van der Waals surface area contributed by atoms with Crippen molar-refractivity contribution in [1.82, 2.24) is 15.0 Å². The third-order valence-corrected chi connectivity index (χ3v) is 6.07. The van der Waals surface area contributed by atoms with Crippen molar-refractivity contribution in [3.8, 4) is 11.4 Å². The fourth-order valence-electron chi connectivity index (χ4n) is 3.77. The van der Waals surface area contributed by atoms with Gasteiger partial charge in [-0.25, -0.2) is 0 Å². The van der Waals surface area contributed by atoms with Crippen LogP contribution in [-0.2, 0) is 4.79 Å². The van der Waals surface area contributed by atoms with Gasteiger partial charge in [-0.1, -0.05) is 41.0 Å². The maximum Gasteiger partial charge on any atom is 0.238 e. The fourth-order valence-corrected chi connectivity index (χ4v) is 3.99. The maximum atomic E-state index is 12.5. The highest BCUT2D eigenvalue weighted by Crippen LogP contribution is 2.30. The van der Waals surface area contributed by atoms with Crippen molar-refractivity contribution < 1.29 is 9.32 Å². The standard InChI is InChI=1S/C23H25ClN4O2/c1-15-6-5-9-20(16(15)2)25-21(29)14-28-12-10-17(11-13-28)23-26-22(27-30-23)18-7-3-4-8-19(18)24/h3-9,17H,10-14H2,1-2H3,(H,25,29). The summed E-state index contributed by atoms with van der Waals surface area (Å²) in [5.74, 6) is 1.38. The summed E-state index contributed by atoms with van der Waals surface area (Å²) in [7, 11) is 0. The molecule has 0 saturated carbocycles. The van der Waals surface area contributed by atoms with Crippen LogP contribution < -0.4 is 5.32 Å². The molecule has 0 aliphatic carbocycles. The minimum Gasteiger partial charge on any atom is -0.339 e. The van der Waals surface area contributed by atoms with E-state index in [0.717, 1.165) is 42.7 Å². The average Bonchev–Trinajstić information content (AvgIpc) is 3.22. The largest absolute Gasteiger partial charge is 0.339 e. The molecule has 156 valence electrons. The molecule has 1 saturated heterocycles. The first-order valence-corrected chi connectivity index (χ1v) is 10.6. The normalized spacial score (nSPS) is 15.3. The fraction of sp³-hybridized carbons (Fsp3) is 0.348. The van der Waals surface area contributed by atoms with E-state index in [1.54, 1.807) is 0 Å². The summed E-state index contributed by atoms with van der Waals surface area (Å²) in [6.07, 6.45) is 1.75. The molecule has 0 spiro atoms. The molecule has 1 fully saturated rings. The number of hydrogen-bond donors (Lipinski definition) is 1. The van der Waals surface area contributed by atoms with Crippen LogP contribution in [0.4, 0.5) is 5.69 Å². The SMILES string of the molecule is Cc1cccc(NC(=O)CN2CCC(c3nc(-c4ccccc4Cl)no3)CC2)c1C. The Morgan fingerprint density at radius 1 is 1.17 bits per heavy atom. The highest BCUT2D eigenvalue weighted by molar-refractivity contribution is 6.33. The molecule has 1 aromatic heterocycles. The van der Waals surface area contributed by atoms with E-state index in [1.165, 1.54) is 5.56 Å². The van der Waals surface area contributed by atoms with Crippen molar-refractivity contribution in [2.24, 2.45) is 0 Å². The summed E-state index contributed by atoms with van der Waals surface area (Å²) in [4.78, 5) is 19.2. The molecule has 1 amide bonds. The van der Waals surface area contributed by atoms with Crippen LogP contribution in [0.25, 0.3) is 11.4 Å². The topological polar surface area (TPSA) is 71.3 Å². The van der Waals surface area contributed by atoms with E-state index < -0.39 is 0 Å². The molecule has 1 N–H and O–H groups in total. The summed E-state index contributed by atoms with van der Waals surface area (Å²) < 4.78 is 5.52. The predicted octanol–water partition coefficient (Wildman–Crippen LogP) is 4.82. The molecule has 3 aromatic rings. The third-order valence-electron chi connectivity index (χ3n) is 5.74. The second kappa shape index (κ2) is 8.98. The smallest absolute Gasteiger partial charge is 0.238 e. The van der Waals surface area contributed by atoms with Gasteiger partial charge in [0.1, 0.15) is 0 Å². The number of nitrogens with one attached hydrogen (secondary N) is 1. The number of carbonyl (C=O) groups excluding carboxylic acids is 1. The van der Waals surface area contributed by atoms with Crippen molar-refractivity contribution in [2.45, 2.75) is 32.6 Å². The molecule has 2 heterocycles. The summed E-state index contributed by atoms with van der Waals surface area (Å²) in [5, 5.41) is 7.74. The Morgan fingerprint density at radius 2 is 1.93 bits per heavy atom. The van der Waals surface area contributed by atoms with Gasteiger partial charge in [0.15, 0.2) is 0 Å². The van der Waals surface area contributed by atoms with Crippen LogP contribution in [0.5, 0.6) is 0 Å². The van der Waals surface area contributed by atoms with E-state index >= 15 is 0 Å². The van der Waals surface area contributed by atoms with Gasteiger partial charge in [0, 0.05) is 17.2 Å². The van der Waals surface area contributed by atoms with E-state index in [-0.39, 0.29) is 11.8 Å². The van der Waals surface area contributed by atoms with Crippen LogP contribution in [0.1, 0.15) is 35.8 Å². The molecule has 4 rings (SSSR count). The van der Waals surface area contributed by atoms with Crippen LogP contribution >= 0.6 is 11.6 Å². The Balaban J connectivity index is 1.32. The van der Waals surface area contributed by atoms with Crippen molar-refractivity contribution >= 4 is 23.2 Å². The van der Waals surface area contributed by atoms with Crippen LogP contribution in [0, 0.1) is 13.8 Å². The summed E-state index contributed by atoms with van der Waals surface area (Å²) in [6, 6.07) is 13.4. The second-order valence-corrected chi connectivity index (χ2v) is 8.19. The molecule has 30 heavy (non-hydrogen) atoms. The van der Waals surface area contributed by atoms with Crippen molar-refractivity contribution in [1.29, 1.82) is 0 Å². The molecule has 0 atom stereocenters. The zero-order chi connectivity index (χ0) is 21.1. The molecule has 6 nitrogen and oxygen atoms in total. The van der Waals surface area contributed by atoms with Gasteiger partial charge < -0.3 is 9.84 Å². The van der Waals surface area contributed by atoms with Crippen LogP contribution in [0.3, 0.4) is 0 Å². The van der Waals surface area contributed by atoms with Crippen LogP contribution in [0.15, 0.2) is 47.0 Å². The Bertz CT molecular complexity index is 1040. The number of hydrogen-bond acceptors (Lipinski definition) is 5. The highest BCUT2D eigenvalue weighted by atomic mass is 35.5. The van der Waals surface area contributed by atoms with Gasteiger partial charge in [0.2, 0.25) is 17.6 Å². The highest BCUT2D eigenvalue weighted by Gasteiger charge is 2.26. The Labute approximate surface area is 181 Å². The van der Waals surface area contributed by atoms with Gasteiger partial charge in [0.25, 0.3) is 0 Å². The van der Waals surface area contributed by atoms with Crippen LogP contribution in [0.2, 0.25) is 5.02 Å².